The van der Waals surface area contributed by atoms with Gasteiger partial charge in [0, 0.05) is 16.9 Å². The van der Waals surface area contributed by atoms with E-state index in [-0.39, 0.29) is 5.41 Å². The van der Waals surface area contributed by atoms with Crippen molar-refractivity contribution in [3.63, 3.8) is 0 Å². The Bertz CT molecular complexity index is 715. The molecule has 4 rings (SSSR count). The summed E-state index contributed by atoms with van der Waals surface area (Å²) in [5, 5.41) is 0. The number of rotatable bonds is 2. The summed E-state index contributed by atoms with van der Waals surface area (Å²) in [6.45, 7) is 9.01. The van der Waals surface area contributed by atoms with E-state index in [0.717, 1.165) is 5.82 Å². The van der Waals surface area contributed by atoms with E-state index in [9.17, 15) is 0 Å². The van der Waals surface area contributed by atoms with Gasteiger partial charge in [0.2, 0.25) is 0 Å². The van der Waals surface area contributed by atoms with E-state index >= 15 is 0 Å². The molecule has 2 aliphatic carbocycles. The summed E-state index contributed by atoms with van der Waals surface area (Å²) in [6, 6.07) is 7.09. The lowest BCUT2D eigenvalue weighted by Crippen LogP contribution is -2.21. The quantitative estimate of drug-likeness (QED) is 0.778. The number of imidazole rings is 1. The van der Waals surface area contributed by atoms with Gasteiger partial charge in [0.1, 0.15) is 5.82 Å². The van der Waals surface area contributed by atoms with Crippen LogP contribution >= 0.6 is 0 Å². The molecule has 0 atom stereocenters. The topological polar surface area (TPSA) is 28.7 Å². The molecule has 2 aliphatic rings. The first-order valence-electron chi connectivity index (χ1n) is 8.78. The number of fused-ring (bicyclic) bond motifs is 5. The molecule has 1 spiro atoms. The molecule has 0 saturated heterocycles. The van der Waals surface area contributed by atoms with E-state index in [2.05, 4.69) is 50.9 Å². The zero-order valence-electron chi connectivity index (χ0n) is 14.2. The highest BCUT2D eigenvalue weighted by Crippen LogP contribution is 2.56. The third-order valence-electron chi connectivity index (χ3n) is 5.69. The van der Waals surface area contributed by atoms with Crippen LogP contribution in [0.1, 0.15) is 87.9 Å². The van der Waals surface area contributed by atoms with Crippen LogP contribution in [0, 0.1) is 0 Å². The van der Waals surface area contributed by atoms with Crippen LogP contribution in [0.2, 0.25) is 0 Å². The van der Waals surface area contributed by atoms with E-state index in [1.54, 1.807) is 5.56 Å². The third kappa shape index (κ3) is 1.76. The van der Waals surface area contributed by atoms with E-state index in [0.29, 0.717) is 11.8 Å². The second kappa shape index (κ2) is 4.71. The highest BCUT2D eigenvalue weighted by Gasteiger charge is 2.47. The normalized spacial score (nSPS) is 18.5. The summed E-state index contributed by atoms with van der Waals surface area (Å²) in [5.41, 5.74) is 7.24. The lowest BCUT2D eigenvalue weighted by atomic mass is 9.78. The molecule has 1 heterocycles. The van der Waals surface area contributed by atoms with Gasteiger partial charge in [-0.15, -0.1) is 0 Å². The number of H-pyrrole nitrogens is 1. The summed E-state index contributed by atoms with van der Waals surface area (Å²) < 4.78 is 0. The van der Waals surface area contributed by atoms with E-state index in [1.807, 2.05) is 0 Å². The summed E-state index contributed by atoms with van der Waals surface area (Å²) >= 11 is 0. The number of aromatic amines is 1. The van der Waals surface area contributed by atoms with Gasteiger partial charge in [0.05, 0.1) is 11.4 Å². The maximum Gasteiger partial charge on any atom is 0.109 e. The Hall–Kier alpha value is -1.57. The molecule has 116 valence electrons. The number of aromatic nitrogens is 2. The van der Waals surface area contributed by atoms with Crippen LogP contribution in [0.5, 0.6) is 0 Å². The molecule has 1 fully saturated rings. The molecule has 2 aromatic rings. The molecule has 1 aromatic heterocycles. The molecule has 0 aliphatic heterocycles. The molecule has 2 heteroatoms. The SMILES string of the molecule is CC(C)c1ccc2c(c1)C1(CCCC1)c1[nH]c(C(C)C)nc1-2. The van der Waals surface area contributed by atoms with Crippen molar-refractivity contribution in [2.24, 2.45) is 0 Å². The standard InChI is InChI=1S/C20H26N2/c1-12(2)14-7-8-15-16(11-14)20(9-5-6-10-20)18-17(15)21-19(22-18)13(3)4/h7-8,11-13H,5-6,9-10H2,1-4H3,(H,21,22). The number of hydrogen-bond acceptors (Lipinski definition) is 1. The Balaban J connectivity index is 1.95. The van der Waals surface area contributed by atoms with Crippen molar-refractivity contribution in [2.45, 2.75) is 70.6 Å². The summed E-state index contributed by atoms with van der Waals surface area (Å²) in [6.07, 6.45) is 5.21. The molecular weight excluding hydrogens is 268 g/mol. The summed E-state index contributed by atoms with van der Waals surface area (Å²) in [5.74, 6) is 2.19. The fourth-order valence-corrected chi connectivity index (χ4v) is 4.36. The maximum absolute atomic E-state index is 4.97. The smallest absolute Gasteiger partial charge is 0.109 e. The van der Waals surface area contributed by atoms with Crippen molar-refractivity contribution < 1.29 is 0 Å². The Morgan fingerprint density at radius 2 is 1.77 bits per heavy atom. The minimum atomic E-state index is 0.218. The van der Waals surface area contributed by atoms with Crippen molar-refractivity contribution in [2.75, 3.05) is 0 Å². The van der Waals surface area contributed by atoms with Gasteiger partial charge in [-0.3, -0.25) is 0 Å². The van der Waals surface area contributed by atoms with Crippen LogP contribution in [0.4, 0.5) is 0 Å². The van der Waals surface area contributed by atoms with Crippen LogP contribution in [0.15, 0.2) is 18.2 Å². The molecule has 1 saturated carbocycles. The fourth-order valence-electron chi connectivity index (χ4n) is 4.36. The van der Waals surface area contributed by atoms with Gasteiger partial charge in [0.25, 0.3) is 0 Å². The molecule has 22 heavy (non-hydrogen) atoms. The molecular formula is C20H26N2. The number of nitrogens with one attached hydrogen (secondary N) is 1. The summed E-state index contributed by atoms with van der Waals surface area (Å²) in [7, 11) is 0. The first kappa shape index (κ1) is 14.0. The van der Waals surface area contributed by atoms with Crippen LogP contribution in [0.25, 0.3) is 11.3 Å². The van der Waals surface area contributed by atoms with Gasteiger partial charge in [0.15, 0.2) is 0 Å². The molecule has 1 aromatic carbocycles. The zero-order valence-corrected chi connectivity index (χ0v) is 14.2. The Kier molecular flexibility index (Phi) is 3.01. The fraction of sp³-hybridized carbons (Fsp3) is 0.550. The first-order chi connectivity index (χ1) is 10.5. The van der Waals surface area contributed by atoms with Gasteiger partial charge in [-0.1, -0.05) is 58.7 Å². The maximum atomic E-state index is 4.97. The van der Waals surface area contributed by atoms with Crippen molar-refractivity contribution >= 4 is 0 Å². The minimum absolute atomic E-state index is 0.218. The second-order valence-corrected chi connectivity index (χ2v) is 7.75. The van der Waals surface area contributed by atoms with Gasteiger partial charge < -0.3 is 4.98 Å². The van der Waals surface area contributed by atoms with Crippen LogP contribution in [0.3, 0.4) is 0 Å². The predicted octanol–water partition coefficient (Wildman–Crippen LogP) is 5.50. The molecule has 1 N–H and O–H groups in total. The highest BCUT2D eigenvalue weighted by atomic mass is 15.0. The molecule has 2 nitrogen and oxygen atoms in total. The average molecular weight is 294 g/mol. The van der Waals surface area contributed by atoms with Crippen LogP contribution in [-0.4, -0.2) is 9.97 Å². The molecule has 0 amide bonds. The van der Waals surface area contributed by atoms with Crippen molar-refractivity contribution in [1.29, 1.82) is 0 Å². The lowest BCUT2D eigenvalue weighted by molar-refractivity contribution is 0.531. The van der Waals surface area contributed by atoms with Crippen LogP contribution < -0.4 is 0 Å². The Labute approximate surface area is 133 Å². The lowest BCUT2D eigenvalue weighted by Gasteiger charge is -2.26. The Morgan fingerprint density at radius 1 is 1.05 bits per heavy atom. The van der Waals surface area contributed by atoms with E-state index in [1.165, 1.54) is 48.2 Å². The van der Waals surface area contributed by atoms with Crippen molar-refractivity contribution in [3.8, 4) is 11.3 Å². The highest BCUT2D eigenvalue weighted by molar-refractivity contribution is 5.78. The zero-order chi connectivity index (χ0) is 15.5. The Morgan fingerprint density at radius 3 is 2.41 bits per heavy atom. The van der Waals surface area contributed by atoms with Crippen LogP contribution in [-0.2, 0) is 5.41 Å². The largest absolute Gasteiger partial charge is 0.344 e. The van der Waals surface area contributed by atoms with Gasteiger partial charge in [-0.25, -0.2) is 4.98 Å². The van der Waals surface area contributed by atoms with Gasteiger partial charge in [-0.2, -0.15) is 0 Å². The van der Waals surface area contributed by atoms with E-state index in [4.69, 9.17) is 4.98 Å². The van der Waals surface area contributed by atoms with Crippen molar-refractivity contribution in [3.05, 3.63) is 40.8 Å². The number of nitrogens with zero attached hydrogens (tertiary/aromatic N) is 1. The molecule has 0 unspecified atom stereocenters. The minimum Gasteiger partial charge on any atom is -0.344 e. The molecule has 0 bridgehead atoms. The third-order valence-corrected chi connectivity index (χ3v) is 5.69. The second-order valence-electron chi connectivity index (χ2n) is 7.75. The predicted molar refractivity (Wildman–Crippen MR) is 91.4 cm³/mol. The monoisotopic (exact) mass is 294 g/mol. The van der Waals surface area contributed by atoms with Crippen molar-refractivity contribution in [1.82, 2.24) is 9.97 Å². The summed E-state index contributed by atoms with van der Waals surface area (Å²) in [4.78, 5) is 8.68. The number of hydrogen-bond donors (Lipinski definition) is 1. The average Bonchev–Trinajstić information content (AvgIpc) is 3.18. The van der Waals surface area contributed by atoms with Gasteiger partial charge in [-0.05, 0) is 29.9 Å². The van der Waals surface area contributed by atoms with Gasteiger partial charge >= 0.3 is 0 Å². The number of benzene rings is 1. The first-order valence-corrected chi connectivity index (χ1v) is 8.78. The molecule has 0 radical (unpaired) electrons. The van der Waals surface area contributed by atoms with E-state index < -0.39 is 0 Å².